The summed E-state index contributed by atoms with van der Waals surface area (Å²) in [7, 11) is 0. The van der Waals surface area contributed by atoms with Crippen LogP contribution in [0.3, 0.4) is 0 Å². The summed E-state index contributed by atoms with van der Waals surface area (Å²) in [6.45, 7) is 1.78. The van der Waals surface area contributed by atoms with Crippen LogP contribution in [0.5, 0.6) is 0 Å². The van der Waals surface area contributed by atoms with Gasteiger partial charge >= 0.3 is 0 Å². The number of anilines is 2. The molecular formula is C22H22F2N4O2. The second kappa shape index (κ2) is 9.02. The van der Waals surface area contributed by atoms with Gasteiger partial charge in [0.2, 0.25) is 17.6 Å². The maximum Gasteiger partial charge on any atom is 0.227 e. The lowest BCUT2D eigenvalue weighted by atomic mass is 10.1. The molecule has 3 aromatic rings. The van der Waals surface area contributed by atoms with Crippen molar-refractivity contribution in [2.45, 2.75) is 32.1 Å². The van der Waals surface area contributed by atoms with Crippen molar-refractivity contribution in [1.29, 1.82) is 0 Å². The lowest BCUT2D eigenvalue weighted by Crippen LogP contribution is -2.30. The van der Waals surface area contributed by atoms with Crippen LogP contribution in [-0.2, 0) is 11.2 Å². The van der Waals surface area contributed by atoms with Crippen molar-refractivity contribution in [3.05, 3.63) is 60.0 Å². The normalized spacial score (nSPS) is 14.0. The predicted molar refractivity (Wildman–Crippen MR) is 109 cm³/mol. The van der Waals surface area contributed by atoms with Gasteiger partial charge in [0, 0.05) is 31.5 Å². The van der Waals surface area contributed by atoms with Gasteiger partial charge in [-0.05, 0) is 61.7 Å². The van der Waals surface area contributed by atoms with Crippen molar-refractivity contribution in [3.8, 4) is 11.4 Å². The molecule has 2 heterocycles. The van der Waals surface area contributed by atoms with Crippen LogP contribution in [0.2, 0.25) is 0 Å². The first-order chi connectivity index (χ1) is 14.6. The minimum absolute atomic E-state index is 0.112. The number of benzene rings is 2. The second-order valence-corrected chi connectivity index (χ2v) is 7.28. The number of nitrogens with one attached hydrogen (secondary N) is 1. The molecule has 0 atom stereocenters. The van der Waals surface area contributed by atoms with E-state index in [9.17, 15) is 13.6 Å². The largest absolute Gasteiger partial charge is 0.370 e. The summed E-state index contributed by atoms with van der Waals surface area (Å²) in [5, 5.41) is 6.68. The number of aromatic nitrogens is 2. The van der Waals surface area contributed by atoms with E-state index in [1.165, 1.54) is 30.7 Å². The number of nitrogens with zero attached hydrogens (tertiary/aromatic N) is 3. The molecule has 1 aromatic heterocycles. The maximum atomic E-state index is 13.8. The first kappa shape index (κ1) is 20.0. The summed E-state index contributed by atoms with van der Waals surface area (Å²) >= 11 is 0. The van der Waals surface area contributed by atoms with Gasteiger partial charge in [-0.3, -0.25) is 4.79 Å². The molecule has 1 amide bonds. The Morgan fingerprint density at radius 2 is 1.77 bits per heavy atom. The number of hydrogen-bond donors (Lipinski definition) is 1. The second-order valence-electron chi connectivity index (χ2n) is 7.28. The fourth-order valence-electron chi connectivity index (χ4n) is 3.52. The molecule has 1 fully saturated rings. The average molecular weight is 412 g/mol. The van der Waals surface area contributed by atoms with Gasteiger partial charge in [-0.15, -0.1) is 0 Å². The van der Waals surface area contributed by atoms with Gasteiger partial charge < -0.3 is 14.7 Å². The van der Waals surface area contributed by atoms with Crippen molar-refractivity contribution in [2.75, 3.05) is 23.3 Å². The Kier molecular flexibility index (Phi) is 6.02. The summed E-state index contributed by atoms with van der Waals surface area (Å²) in [5.41, 5.74) is 1.93. The maximum absolute atomic E-state index is 13.8. The highest BCUT2D eigenvalue weighted by Gasteiger charge is 2.17. The van der Waals surface area contributed by atoms with Crippen LogP contribution in [-0.4, -0.2) is 29.1 Å². The van der Waals surface area contributed by atoms with Gasteiger partial charge in [0.05, 0.1) is 11.4 Å². The van der Waals surface area contributed by atoms with Crippen LogP contribution in [0.4, 0.5) is 20.2 Å². The molecule has 8 heteroatoms. The van der Waals surface area contributed by atoms with E-state index in [1.807, 2.05) is 0 Å². The van der Waals surface area contributed by atoms with E-state index < -0.39 is 5.82 Å². The first-order valence-corrected chi connectivity index (χ1v) is 10.0. The Morgan fingerprint density at radius 3 is 2.53 bits per heavy atom. The minimum atomic E-state index is -0.396. The molecule has 0 saturated carbocycles. The first-order valence-electron chi connectivity index (χ1n) is 10.0. The summed E-state index contributed by atoms with van der Waals surface area (Å²) in [6.07, 6.45) is 3.70. The van der Waals surface area contributed by atoms with E-state index in [0.29, 0.717) is 23.0 Å². The Morgan fingerprint density at radius 1 is 1.03 bits per heavy atom. The molecule has 1 aliphatic heterocycles. The van der Waals surface area contributed by atoms with Crippen LogP contribution in [0, 0.1) is 11.6 Å². The highest BCUT2D eigenvalue weighted by molar-refractivity contribution is 5.94. The minimum Gasteiger partial charge on any atom is -0.370 e. The van der Waals surface area contributed by atoms with E-state index in [-0.39, 0.29) is 24.6 Å². The number of carbonyl (C=O) groups is 1. The van der Waals surface area contributed by atoms with Gasteiger partial charge in [0.25, 0.3) is 0 Å². The number of amides is 1. The van der Waals surface area contributed by atoms with Crippen LogP contribution in [0.25, 0.3) is 11.4 Å². The summed E-state index contributed by atoms with van der Waals surface area (Å²) in [4.78, 5) is 18.9. The molecule has 1 aliphatic rings. The molecule has 1 N–H and O–H groups in total. The summed E-state index contributed by atoms with van der Waals surface area (Å²) in [5.74, 6) is -0.365. The highest BCUT2D eigenvalue weighted by atomic mass is 19.1. The fourth-order valence-corrected chi connectivity index (χ4v) is 3.52. The molecule has 1 saturated heterocycles. The zero-order valence-corrected chi connectivity index (χ0v) is 16.4. The number of piperidine rings is 1. The Labute approximate surface area is 172 Å². The number of hydrogen-bond acceptors (Lipinski definition) is 5. The lowest BCUT2D eigenvalue weighted by Gasteiger charge is -2.30. The number of aryl methyl sites for hydroxylation is 1. The summed E-state index contributed by atoms with van der Waals surface area (Å²) in [6, 6.07) is 10.2. The molecule has 0 radical (unpaired) electrons. The van der Waals surface area contributed by atoms with Gasteiger partial charge in [-0.1, -0.05) is 5.16 Å². The summed E-state index contributed by atoms with van der Waals surface area (Å²) < 4.78 is 32.0. The van der Waals surface area contributed by atoms with E-state index >= 15 is 0 Å². The zero-order chi connectivity index (χ0) is 20.9. The van der Waals surface area contributed by atoms with Crippen molar-refractivity contribution in [3.63, 3.8) is 0 Å². The number of carbonyl (C=O) groups excluding carboxylic acids is 1. The topological polar surface area (TPSA) is 71.3 Å². The molecule has 0 bridgehead atoms. The molecule has 4 rings (SSSR count). The third kappa shape index (κ3) is 4.82. The van der Waals surface area contributed by atoms with Gasteiger partial charge in [-0.2, -0.15) is 4.98 Å². The van der Waals surface area contributed by atoms with Crippen LogP contribution in [0.1, 0.15) is 31.6 Å². The predicted octanol–water partition coefficient (Wildman–Crippen LogP) is 4.58. The monoisotopic (exact) mass is 412 g/mol. The van der Waals surface area contributed by atoms with E-state index in [0.717, 1.165) is 31.6 Å². The number of rotatable bonds is 6. The smallest absolute Gasteiger partial charge is 0.227 e. The van der Waals surface area contributed by atoms with Crippen molar-refractivity contribution in [2.24, 2.45) is 0 Å². The van der Waals surface area contributed by atoms with Crippen LogP contribution < -0.4 is 10.2 Å². The van der Waals surface area contributed by atoms with Crippen molar-refractivity contribution >= 4 is 17.3 Å². The van der Waals surface area contributed by atoms with Crippen LogP contribution >= 0.6 is 0 Å². The Balaban J connectivity index is 1.38. The Bertz CT molecular complexity index is 1010. The van der Waals surface area contributed by atoms with E-state index in [2.05, 4.69) is 20.4 Å². The average Bonchev–Trinajstić information content (AvgIpc) is 3.23. The van der Waals surface area contributed by atoms with E-state index in [4.69, 9.17) is 4.52 Å². The standard InChI is InChI=1S/C22H22F2N4O2/c23-16-6-4-15(5-7-16)22-26-21(30-27-22)11-10-20(29)25-18-14-17(24)8-9-19(18)28-12-2-1-3-13-28/h4-9,14H,1-3,10-13H2,(H,25,29). The SMILES string of the molecule is O=C(CCc1nc(-c2ccc(F)cc2)no1)Nc1cc(F)ccc1N1CCCCC1. The molecule has 0 unspecified atom stereocenters. The zero-order valence-electron chi connectivity index (χ0n) is 16.4. The highest BCUT2D eigenvalue weighted by Crippen LogP contribution is 2.29. The molecular weight excluding hydrogens is 390 g/mol. The van der Waals surface area contributed by atoms with E-state index in [1.54, 1.807) is 18.2 Å². The fraction of sp³-hybridized carbons (Fsp3) is 0.318. The molecule has 0 spiro atoms. The van der Waals surface area contributed by atoms with Crippen molar-refractivity contribution < 1.29 is 18.1 Å². The molecule has 156 valence electrons. The molecule has 0 aliphatic carbocycles. The van der Waals surface area contributed by atoms with Crippen molar-refractivity contribution in [1.82, 2.24) is 10.1 Å². The third-order valence-corrected chi connectivity index (χ3v) is 5.07. The lowest BCUT2D eigenvalue weighted by molar-refractivity contribution is -0.116. The third-order valence-electron chi connectivity index (χ3n) is 5.07. The molecule has 30 heavy (non-hydrogen) atoms. The van der Waals surface area contributed by atoms with Gasteiger partial charge in [-0.25, -0.2) is 8.78 Å². The van der Waals surface area contributed by atoms with Gasteiger partial charge in [0.1, 0.15) is 11.6 Å². The quantitative estimate of drug-likeness (QED) is 0.642. The molecule has 2 aromatic carbocycles. The number of halogens is 2. The van der Waals surface area contributed by atoms with Crippen LogP contribution in [0.15, 0.2) is 47.0 Å². The van der Waals surface area contributed by atoms with Gasteiger partial charge in [0.15, 0.2) is 0 Å². The Hall–Kier alpha value is -3.29. The molecule has 6 nitrogen and oxygen atoms in total.